The fourth-order valence-electron chi connectivity index (χ4n) is 1.57. The maximum absolute atomic E-state index is 12.4. The van der Waals surface area contributed by atoms with E-state index in [0.717, 1.165) is 0 Å². The first kappa shape index (κ1) is 20.0. The van der Waals surface area contributed by atoms with Crippen LogP contribution in [0, 0.1) is 5.41 Å². The Balaban J connectivity index is 0.00000361. The summed E-state index contributed by atoms with van der Waals surface area (Å²) >= 11 is 11.6. The number of sulfonamides is 1. The standard InChI is InChI=1S/C12H18Cl2N2O2S.ClH/c1-12(2,7-15)8-16(3)19(17,18)9-4-5-10(13)11(14)6-9;/h4-6H,7-8,15H2,1-3H3;1H. The molecule has 0 radical (unpaired) electrons. The Bertz CT molecular complexity index is 562. The third-order valence-electron chi connectivity index (χ3n) is 2.80. The van der Waals surface area contributed by atoms with E-state index in [4.69, 9.17) is 28.9 Å². The van der Waals surface area contributed by atoms with Crippen LogP contribution in [0.5, 0.6) is 0 Å². The van der Waals surface area contributed by atoms with E-state index >= 15 is 0 Å². The molecule has 1 aromatic carbocycles. The first-order valence-electron chi connectivity index (χ1n) is 5.71. The van der Waals surface area contributed by atoms with E-state index in [-0.39, 0.29) is 27.7 Å². The van der Waals surface area contributed by atoms with E-state index in [2.05, 4.69) is 0 Å². The van der Waals surface area contributed by atoms with Gasteiger partial charge >= 0.3 is 0 Å². The van der Waals surface area contributed by atoms with Crippen molar-refractivity contribution in [2.45, 2.75) is 18.7 Å². The summed E-state index contributed by atoms with van der Waals surface area (Å²) in [5.41, 5.74) is 5.33. The lowest BCUT2D eigenvalue weighted by atomic mass is 9.94. The lowest BCUT2D eigenvalue weighted by Gasteiger charge is -2.28. The fraction of sp³-hybridized carbons (Fsp3) is 0.500. The number of benzene rings is 1. The molecule has 0 unspecified atom stereocenters. The maximum Gasteiger partial charge on any atom is 0.242 e. The molecule has 0 spiro atoms. The Kier molecular flexibility index (Phi) is 7.28. The molecular weight excluding hydrogens is 343 g/mol. The Morgan fingerprint density at radius 2 is 1.80 bits per heavy atom. The summed E-state index contributed by atoms with van der Waals surface area (Å²) in [4.78, 5) is 0.122. The Morgan fingerprint density at radius 3 is 2.25 bits per heavy atom. The molecule has 0 fully saturated rings. The number of hydrogen-bond acceptors (Lipinski definition) is 3. The van der Waals surface area contributed by atoms with Crippen LogP contribution in [0.1, 0.15) is 13.8 Å². The van der Waals surface area contributed by atoms with Crippen LogP contribution in [0.15, 0.2) is 23.1 Å². The molecule has 116 valence electrons. The van der Waals surface area contributed by atoms with Gasteiger partial charge in [-0.2, -0.15) is 0 Å². The van der Waals surface area contributed by atoms with Gasteiger partial charge in [0.1, 0.15) is 0 Å². The normalized spacial score (nSPS) is 12.3. The summed E-state index contributed by atoms with van der Waals surface area (Å²) in [6.45, 7) is 4.54. The van der Waals surface area contributed by atoms with E-state index in [1.54, 1.807) is 0 Å². The second-order valence-electron chi connectivity index (χ2n) is 5.21. The molecule has 8 heteroatoms. The molecule has 0 atom stereocenters. The summed E-state index contributed by atoms with van der Waals surface area (Å²) in [5, 5.41) is 0.541. The van der Waals surface area contributed by atoms with Gasteiger partial charge in [0, 0.05) is 13.6 Å². The van der Waals surface area contributed by atoms with E-state index in [1.165, 1.54) is 29.6 Å². The van der Waals surface area contributed by atoms with Crippen LogP contribution in [-0.2, 0) is 10.0 Å². The highest BCUT2D eigenvalue weighted by atomic mass is 35.5. The molecule has 0 saturated heterocycles. The molecular formula is C12H19Cl3N2O2S. The SMILES string of the molecule is CN(CC(C)(C)CN)S(=O)(=O)c1ccc(Cl)c(Cl)c1.Cl. The first-order chi connectivity index (χ1) is 8.60. The average Bonchev–Trinajstić information content (AvgIpc) is 2.32. The zero-order chi connectivity index (χ0) is 14.8. The molecule has 0 amide bonds. The maximum atomic E-state index is 12.4. The quantitative estimate of drug-likeness (QED) is 0.876. The lowest BCUT2D eigenvalue weighted by Crippen LogP contribution is -2.39. The summed E-state index contributed by atoms with van der Waals surface area (Å²) in [5.74, 6) is 0. The number of nitrogens with two attached hydrogens (primary N) is 1. The third kappa shape index (κ3) is 4.76. The van der Waals surface area contributed by atoms with Crippen LogP contribution in [0.4, 0.5) is 0 Å². The second-order valence-corrected chi connectivity index (χ2v) is 8.06. The third-order valence-corrected chi connectivity index (χ3v) is 5.34. The van der Waals surface area contributed by atoms with Gasteiger partial charge < -0.3 is 5.73 Å². The molecule has 0 aliphatic heterocycles. The zero-order valence-corrected chi connectivity index (χ0v) is 14.7. The van der Waals surface area contributed by atoms with E-state index < -0.39 is 10.0 Å². The van der Waals surface area contributed by atoms with Crippen LogP contribution in [0.25, 0.3) is 0 Å². The topological polar surface area (TPSA) is 63.4 Å². The molecule has 1 rings (SSSR count). The highest BCUT2D eigenvalue weighted by molar-refractivity contribution is 7.89. The molecule has 2 N–H and O–H groups in total. The predicted octanol–water partition coefficient (Wildman–Crippen LogP) is 3.02. The molecule has 0 saturated carbocycles. The van der Waals surface area contributed by atoms with Crippen molar-refractivity contribution in [3.8, 4) is 0 Å². The summed E-state index contributed by atoms with van der Waals surface area (Å²) < 4.78 is 26.0. The van der Waals surface area contributed by atoms with Crippen LogP contribution in [0.3, 0.4) is 0 Å². The monoisotopic (exact) mass is 360 g/mol. The van der Waals surface area contributed by atoms with Gasteiger partial charge in [-0.15, -0.1) is 12.4 Å². The highest BCUT2D eigenvalue weighted by Gasteiger charge is 2.27. The van der Waals surface area contributed by atoms with Crippen molar-refractivity contribution < 1.29 is 8.42 Å². The van der Waals surface area contributed by atoms with Crippen LogP contribution < -0.4 is 5.73 Å². The predicted molar refractivity (Wildman–Crippen MR) is 86.4 cm³/mol. The fourth-order valence-corrected chi connectivity index (χ4v) is 3.32. The summed E-state index contributed by atoms with van der Waals surface area (Å²) in [6, 6.07) is 4.26. The van der Waals surface area contributed by atoms with Crippen molar-refractivity contribution >= 4 is 45.6 Å². The van der Waals surface area contributed by atoms with Crippen molar-refractivity contribution in [1.82, 2.24) is 4.31 Å². The van der Waals surface area contributed by atoms with Crippen molar-refractivity contribution in [3.05, 3.63) is 28.2 Å². The lowest BCUT2D eigenvalue weighted by molar-refractivity contribution is 0.292. The average molecular weight is 362 g/mol. The van der Waals surface area contributed by atoms with Crippen molar-refractivity contribution in [2.75, 3.05) is 20.1 Å². The molecule has 0 aliphatic carbocycles. The van der Waals surface area contributed by atoms with Crippen LogP contribution >= 0.6 is 35.6 Å². The molecule has 1 aromatic rings. The number of halogens is 3. The minimum absolute atomic E-state index is 0. The van der Waals surface area contributed by atoms with E-state index in [9.17, 15) is 8.42 Å². The molecule has 0 bridgehead atoms. The molecule has 0 aromatic heterocycles. The van der Waals surface area contributed by atoms with Crippen molar-refractivity contribution in [3.63, 3.8) is 0 Å². The van der Waals surface area contributed by atoms with Crippen molar-refractivity contribution in [1.29, 1.82) is 0 Å². The van der Waals surface area contributed by atoms with Gasteiger partial charge in [-0.25, -0.2) is 12.7 Å². The van der Waals surface area contributed by atoms with E-state index in [1.807, 2.05) is 13.8 Å². The van der Waals surface area contributed by atoms with Gasteiger partial charge in [0.2, 0.25) is 10.0 Å². The number of nitrogens with zero attached hydrogens (tertiary/aromatic N) is 1. The van der Waals surface area contributed by atoms with Gasteiger partial charge in [0.15, 0.2) is 0 Å². The van der Waals surface area contributed by atoms with Crippen LogP contribution in [0.2, 0.25) is 10.0 Å². The van der Waals surface area contributed by atoms with Gasteiger partial charge in [-0.3, -0.25) is 0 Å². The number of hydrogen-bond donors (Lipinski definition) is 1. The largest absolute Gasteiger partial charge is 0.330 e. The van der Waals surface area contributed by atoms with Gasteiger partial charge in [-0.05, 0) is 30.2 Å². The summed E-state index contributed by atoms with van der Waals surface area (Å²) in [6.07, 6.45) is 0. The van der Waals surface area contributed by atoms with E-state index in [0.29, 0.717) is 18.1 Å². The Labute approximate surface area is 136 Å². The van der Waals surface area contributed by atoms with Gasteiger partial charge in [0.05, 0.1) is 14.9 Å². The molecule has 20 heavy (non-hydrogen) atoms. The Hall–Kier alpha value is -0.0400. The second kappa shape index (κ2) is 7.29. The first-order valence-corrected chi connectivity index (χ1v) is 7.91. The minimum atomic E-state index is -3.59. The molecule has 4 nitrogen and oxygen atoms in total. The number of rotatable bonds is 5. The van der Waals surface area contributed by atoms with Crippen molar-refractivity contribution in [2.24, 2.45) is 11.1 Å². The highest BCUT2D eigenvalue weighted by Crippen LogP contribution is 2.27. The zero-order valence-electron chi connectivity index (χ0n) is 11.6. The Morgan fingerprint density at radius 1 is 1.25 bits per heavy atom. The smallest absolute Gasteiger partial charge is 0.242 e. The molecule has 0 aliphatic rings. The molecule has 0 heterocycles. The van der Waals surface area contributed by atoms with Crippen LogP contribution in [-0.4, -0.2) is 32.9 Å². The minimum Gasteiger partial charge on any atom is -0.330 e. The summed E-state index contributed by atoms with van der Waals surface area (Å²) in [7, 11) is -2.06. The van der Waals surface area contributed by atoms with Gasteiger partial charge in [0.25, 0.3) is 0 Å². The van der Waals surface area contributed by atoms with Gasteiger partial charge in [-0.1, -0.05) is 37.0 Å².